The summed E-state index contributed by atoms with van der Waals surface area (Å²) in [5.74, 6) is -0.983. The van der Waals surface area contributed by atoms with Crippen LogP contribution in [0.5, 0.6) is 0 Å². The predicted octanol–water partition coefficient (Wildman–Crippen LogP) is 2.02. The van der Waals surface area contributed by atoms with E-state index < -0.39 is 11.9 Å². The molecule has 8 nitrogen and oxygen atoms in total. The lowest BCUT2D eigenvalue weighted by Gasteiger charge is -2.28. The van der Waals surface area contributed by atoms with Gasteiger partial charge < -0.3 is 24.3 Å². The lowest BCUT2D eigenvalue weighted by atomic mass is 10.2. The Morgan fingerprint density at radius 2 is 1.74 bits per heavy atom. The summed E-state index contributed by atoms with van der Waals surface area (Å²) >= 11 is 0. The first-order chi connectivity index (χ1) is 15.1. The molecular weight excluding hydrogens is 398 g/mol. The van der Waals surface area contributed by atoms with Crippen molar-refractivity contribution >= 4 is 34.2 Å². The molecule has 0 unspecified atom stereocenters. The SMILES string of the molecule is O=C(COC(=O)Cn1ccc(=O)c2ccccc21)Nc1ccc(N2CCOCC2)cc1. The predicted molar refractivity (Wildman–Crippen MR) is 117 cm³/mol. The first kappa shape index (κ1) is 20.6. The van der Waals surface area contributed by atoms with Gasteiger partial charge in [-0.1, -0.05) is 12.1 Å². The Morgan fingerprint density at radius 1 is 1.00 bits per heavy atom. The van der Waals surface area contributed by atoms with Gasteiger partial charge in [-0.05, 0) is 36.4 Å². The quantitative estimate of drug-likeness (QED) is 0.613. The first-order valence-electron chi connectivity index (χ1n) is 10.1. The van der Waals surface area contributed by atoms with Crippen molar-refractivity contribution in [3.8, 4) is 0 Å². The second-order valence-electron chi connectivity index (χ2n) is 7.18. The van der Waals surface area contributed by atoms with Crippen LogP contribution in [0.2, 0.25) is 0 Å². The Kier molecular flexibility index (Phi) is 6.28. The van der Waals surface area contributed by atoms with Crippen LogP contribution in [-0.2, 0) is 25.6 Å². The van der Waals surface area contributed by atoms with Crippen LogP contribution in [-0.4, -0.2) is 49.4 Å². The van der Waals surface area contributed by atoms with E-state index >= 15 is 0 Å². The number of morpholine rings is 1. The second kappa shape index (κ2) is 9.44. The van der Waals surface area contributed by atoms with E-state index in [4.69, 9.17) is 9.47 Å². The van der Waals surface area contributed by atoms with Crippen molar-refractivity contribution in [1.82, 2.24) is 4.57 Å². The van der Waals surface area contributed by atoms with Gasteiger partial charge in [0.1, 0.15) is 6.54 Å². The average molecular weight is 421 g/mol. The number of nitrogens with one attached hydrogen (secondary N) is 1. The topological polar surface area (TPSA) is 89.9 Å². The highest BCUT2D eigenvalue weighted by Gasteiger charge is 2.13. The average Bonchev–Trinajstić information content (AvgIpc) is 2.81. The number of aromatic nitrogens is 1. The van der Waals surface area contributed by atoms with Crippen LogP contribution in [0, 0.1) is 0 Å². The van der Waals surface area contributed by atoms with E-state index in [1.807, 2.05) is 24.3 Å². The molecule has 1 N–H and O–H groups in total. The fraction of sp³-hybridized carbons (Fsp3) is 0.261. The van der Waals surface area contributed by atoms with Crippen molar-refractivity contribution in [3.63, 3.8) is 0 Å². The molecule has 0 aliphatic carbocycles. The Bertz CT molecular complexity index is 1130. The summed E-state index contributed by atoms with van der Waals surface area (Å²) in [6.07, 6.45) is 1.54. The van der Waals surface area contributed by atoms with Crippen LogP contribution >= 0.6 is 0 Å². The third-order valence-corrected chi connectivity index (χ3v) is 5.08. The minimum Gasteiger partial charge on any atom is -0.454 e. The van der Waals surface area contributed by atoms with Crippen molar-refractivity contribution in [2.24, 2.45) is 0 Å². The summed E-state index contributed by atoms with van der Waals surface area (Å²) < 4.78 is 12.1. The fourth-order valence-electron chi connectivity index (χ4n) is 3.50. The number of carbonyl (C=O) groups is 2. The van der Waals surface area contributed by atoms with Gasteiger partial charge in [-0.15, -0.1) is 0 Å². The summed E-state index contributed by atoms with van der Waals surface area (Å²) in [4.78, 5) is 38.5. The smallest absolute Gasteiger partial charge is 0.326 e. The highest BCUT2D eigenvalue weighted by Crippen LogP contribution is 2.19. The number of carbonyl (C=O) groups excluding carboxylic acids is 2. The number of benzene rings is 2. The van der Waals surface area contributed by atoms with Crippen LogP contribution in [0.25, 0.3) is 10.9 Å². The molecule has 3 aromatic rings. The molecule has 0 bridgehead atoms. The fourth-order valence-corrected chi connectivity index (χ4v) is 3.50. The van der Waals surface area contributed by atoms with Gasteiger partial charge in [0, 0.05) is 42.1 Å². The summed E-state index contributed by atoms with van der Waals surface area (Å²) in [5, 5.41) is 3.25. The highest BCUT2D eigenvalue weighted by molar-refractivity contribution is 5.93. The molecule has 1 saturated heterocycles. The van der Waals surface area contributed by atoms with Crippen LogP contribution in [0.1, 0.15) is 0 Å². The molecule has 8 heteroatoms. The third kappa shape index (κ3) is 5.10. The molecule has 4 rings (SSSR count). The molecule has 1 amide bonds. The van der Waals surface area contributed by atoms with Gasteiger partial charge in [-0.2, -0.15) is 0 Å². The maximum absolute atomic E-state index is 12.2. The molecule has 0 saturated carbocycles. The van der Waals surface area contributed by atoms with Gasteiger partial charge in [0.15, 0.2) is 12.0 Å². The zero-order valence-electron chi connectivity index (χ0n) is 17.0. The number of hydrogen-bond acceptors (Lipinski definition) is 6. The Labute approximate surface area is 179 Å². The van der Waals surface area contributed by atoms with E-state index in [-0.39, 0.29) is 18.6 Å². The minimum absolute atomic E-state index is 0.0949. The largest absolute Gasteiger partial charge is 0.454 e. The summed E-state index contributed by atoms with van der Waals surface area (Å²) in [6, 6.07) is 15.9. The van der Waals surface area contributed by atoms with Gasteiger partial charge >= 0.3 is 5.97 Å². The number of anilines is 2. The molecular formula is C23H23N3O5. The lowest BCUT2D eigenvalue weighted by Crippen LogP contribution is -2.36. The number of hydrogen-bond donors (Lipinski definition) is 1. The maximum atomic E-state index is 12.2. The third-order valence-electron chi connectivity index (χ3n) is 5.08. The van der Waals surface area contributed by atoms with Crippen molar-refractivity contribution in [3.05, 3.63) is 71.0 Å². The van der Waals surface area contributed by atoms with Crippen molar-refractivity contribution in [2.45, 2.75) is 6.54 Å². The molecule has 0 atom stereocenters. The second-order valence-corrected chi connectivity index (χ2v) is 7.18. The van der Waals surface area contributed by atoms with Gasteiger partial charge in [0.2, 0.25) is 0 Å². The highest BCUT2D eigenvalue weighted by atomic mass is 16.5. The van der Waals surface area contributed by atoms with Gasteiger partial charge in [-0.3, -0.25) is 14.4 Å². The van der Waals surface area contributed by atoms with Crippen LogP contribution in [0.4, 0.5) is 11.4 Å². The molecule has 1 aliphatic heterocycles. The number of amides is 1. The number of ether oxygens (including phenoxy) is 2. The monoisotopic (exact) mass is 421 g/mol. The Balaban J connectivity index is 1.29. The zero-order chi connectivity index (χ0) is 21.6. The molecule has 160 valence electrons. The molecule has 2 aromatic carbocycles. The molecule has 1 aromatic heterocycles. The van der Waals surface area contributed by atoms with E-state index in [1.165, 1.54) is 6.07 Å². The van der Waals surface area contributed by atoms with Crippen LogP contribution in [0.3, 0.4) is 0 Å². The van der Waals surface area contributed by atoms with E-state index in [1.54, 1.807) is 35.0 Å². The summed E-state index contributed by atoms with van der Waals surface area (Å²) in [5.41, 5.74) is 2.22. The summed E-state index contributed by atoms with van der Waals surface area (Å²) in [6.45, 7) is 2.61. The number of esters is 1. The first-order valence-corrected chi connectivity index (χ1v) is 10.1. The van der Waals surface area contributed by atoms with E-state index in [9.17, 15) is 14.4 Å². The zero-order valence-corrected chi connectivity index (χ0v) is 17.0. The normalized spacial score (nSPS) is 13.7. The van der Waals surface area contributed by atoms with E-state index in [0.29, 0.717) is 29.8 Å². The van der Waals surface area contributed by atoms with Crippen molar-refractivity contribution in [2.75, 3.05) is 43.1 Å². The Hall–Kier alpha value is -3.65. The van der Waals surface area contributed by atoms with Crippen molar-refractivity contribution in [1.29, 1.82) is 0 Å². The number of fused-ring (bicyclic) bond motifs is 1. The van der Waals surface area contributed by atoms with Crippen molar-refractivity contribution < 1.29 is 19.1 Å². The molecule has 2 heterocycles. The number of para-hydroxylation sites is 1. The molecule has 1 fully saturated rings. The summed E-state index contributed by atoms with van der Waals surface area (Å²) in [7, 11) is 0. The van der Waals surface area contributed by atoms with E-state index in [2.05, 4.69) is 10.2 Å². The number of nitrogens with zero attached hydrogens (tertiary/aromatic N) is 2. The van der Waals surface area contributed by atoms with Gasteiger partial charge in [0.25, 0.3) is 5.91 Å². The lowest BCUT2D eigenvalue weighted by molar-refractivity contribution is -0.147. The Morgan fingerprint density at radius 3 is 2.52 bits per heavy atom. The standard InChI is InChI=1S/C23H23N3O5/c27-21-9-10-26(20-4-2-1-3-19(20)21)15-23(29)31-16-22(28)24-17-5-7-18(8-6-17)25-11-13-30-14-12-25/h1-10H,11-16H2,(H,24,28). The number of pyridine rings is 1. The molecule has 31 heavy (non-hydrogen) atoms. The van der Waals surface area contributed by atoms with Crippen LogP contribution < -0.4 is 15.6 Å². The van der Waals surface area contributed by atoms with Gasteiger partial charge in [-0.25, -0.2) is 0 Å². The van der Waals surface area contributed by atoms with Crippen LogP contribution in [0.15, 0.2) is 65.6 Å². The number of rotatable bonds is 6. The van der Waals surface area contributed by atoms with E-state index in [0.717, 1.165) is 18.8 Å². The minimum atomic E-state index is -0.563. The molecule has 1 aliphatic rings. The molecule has 0 spiro atoms. The molecule has 0 radical (unpaired) electrons. The van der Waals surface area contributed by atoms with Gasteiger partial charge in [0.05, 0.1) is 18.7 Å². The maximum Gasteiger partial charge on any atom is 0.326 e.